The fourth-order valence-corrected chi connectivity index (χ4v) is 3.64. The van der Waals surface area contributed by atoms with Gasteiger partial charge in [-0.05, 0) is 12.1 Å². The highest BCUT2D eigenvalue weighted by Gasteiger charge is 2.24. The molecule has 1 aromatic heterocycles. The molecule has 0 aliphatic carbocycles. The number of carbonyl (C=O) groups is 3. The largest absolute Gasteiger partial charge is 0.343 e. The van der Waals surface area contributed by atoms with Crippen molar-refractivity contribution >= 4 is 34.2 Å². The van der Waals surface area contributed by atoms with Crippen LogP contribution in [-0.4, -0.2) is 40.7 Å². The minimum atomic E-state index is -0.266. The third kappa shape index (κ3) is 4.21. The summed E-state index contributed by atoms with van der Waals surface area (Å²) in [5.74, 6) is -0.565. The number of hydrogen-bond donors (Lipinski definition) is 2. The molecule has 8 heteroatoms. The zero-order chi connectivity index (χ0) is 17.8. The zero-order valence-electron chi connectivity index (χ0n) is 13.7. The van der Waals surface area contributed by atoms with E-state index < -0.39 is 0 Å². The molecule has 7 nitrogen and oxygen atoms in total. The molecule has 3 amide bonds. The SMILES string of the molecule is CC(=O)Nc1nc2c(s1)CN(C(=O)CNC(=O)c1ccccc1)CC2. The standard InChI is InChI=1S/C17H18N4O3S/c1-11(22)19-17-20-13-7-8-21(10-14(13)25-17)15(23)9-18-16(24)12-5-3-2-4-6-12/h2-6H,7-10H2,1H3,(H,18,24)(H,19,20,22). The molecule has 0 bridgehead atoms. The molecule has 0 unspecified atom stereocenters. The van der Waals surface area contributed by atoms with E-state index in [2.05, 4.69) is 15.6 Å². The van der Waals surface area contributed by atoms with E-state index in [0.717, 1.165) is 10.6 Å². The number of nitrogens with zero attached hydrogens (tertiary/aromatic N) is 2. The number of nitrogens with one attached hydrogen (secondary N) is 2. The Balaban J connectivity index is 1.56. The van der Waals surface area contributed by atoms with E-state index in [4.69, 9.17) is 0 Å². The van der Waals surface area contributed by atoms with Crippen LogP contribution in [-0.2, 0) is 22.6 Å². The molecule has 25 heavy (non-hydrogen) atoms. The average Bonchev–Trinajstić information content (AvgIpc) is 3.00. The smallest absolute Gasteiger partial charge is 0.251 e. The van der Waals surface area contributed by atoms with E-state index in [-0.39, 0.29) is 24.3 Å². The number of carbonyl (C=O) groups excluding carboxylic acids is 3. The van der Waals surface area contributed by atoms with Crippen LogP contribution in [0.4, 0.5) is 5.13 Å². The quantitative estimate of drug-likeness (QED) is 0.865. The van der Waals surface area contributed by atoms with Gasteiger partial charge in [-0.2, -0.15) is 0 Å². The summed E-state index contributed by atoms with van der Waals surface area (Å²) in [5, 5.41) is 5.88. The molecule has 2 heterocycles. The van der Waals surface area contributed by atoms with Crippen LogP contribution in [0.2, 0.25) is 0 Å². The third-order valence-corrected chi connectivity index (χ3v) is 4.80. The van der Waals surface area contributed by atoms with E-state index >= 15 is 0 Å². The van der Waals surface area contributed by atoms with Crippen molar-refractivity contribution in [2.24, 2.45) is 0 Å². The number of thiazole rings is 1. The van der Waals surface area contributed by atoms with Crippen LogP contribution in [0.15, 0.2) is 30.3 Å². The van der Waals surface area contributed by atoms with Gasteiger partial charge in [0.2, 0.25) is 11.8 Å². The lowest BCUT2D eigenvalue weighted by Gasteiger charge is -2.26. The lowest BCUT2D eigenvalue weighted by molar-refractivity contribution is -0.131. The lowest BCUT2D eigenvalue weighted by atomic mass is 10.2. The van der Waals surface area contributed by atoms with Crippen molar-refractivity contribution in [2.45, 2.75) is 19.9 Å². The summed E-state index contributed by atoms with van der Waals surface area (Å²) in [5.41, 5.74) is 1.45. The van der Waals surface area contributed by atoms with Crippen molar-refractivity contribution < 1.29 is 14.4 Å². The van der Waals surface area contributed by atoms with Crippen LogP contribution in [0.1, 0.15) is 27.9 Å². The number of benzene rings is 1. The minimum absolute atomic E-state index is 0.0413. The molecule has 3 rings (SSSR count). The predicted molar refractivity (Wildman–Crippen MR) is 94.3 cm³/mol. The lowest BCUT2D eigenvalue weighted by Crippen LogP contribution is -2.42. The topological polar surface area (TPSA) is 91.4 Å². The van der Waals surface area contributed by atoms with Gasteiger partial charge in [0.15, 0.2) is 5.13 Å². The number of hydrogen-bond acceptors (Lipinski definition) is 5. The Morgan fingerprint density at radius 3 is 2.72 bits per heavy atom. The van der Waals surface area contributed by atoms with Crippen LogP contribution < -0.4 is 10.6 Å². The van der Waals surface area contributed by atoms with Crippen LogP contribution in [0.3, 0.4) is 0 Å². The van der Waals surface area contributed by atoms with E-state index in [0.29, 0.717) is 30.2 Å². The maximum atomic E-state index is 12.4. The van der Waals surface area contributed by atoms with Gasteiger partial charge >= 0.3 is 0 Å². The second-order valence-corrected chi connectivity index (χ2v) is 6.77. The van der Waals surface area contributed by atoms with Gasteiger partial charge in [0.05, 0.1) is 18.8 Å². The van der Waals surface area contributed by atoms with Gasteiger partial charge in [0.25, 0.3) is 5.91 Å². The van der Waals surface area contributed by atoms with Crippen molar-refractivity contribution in [3.63, 3.8) is 0 Å². The van der Waals surface area contributed by atoms with Crippen LogP contribution in [0, 0.1) is 0 Å². The maximum Gasteiger partial charge on any atom is 0.251 e. The first-order chi connectivity index (χ1) is 12.0. The Kier molecular flexibility index (Phi) is 5.08. The molecule has 1 aliphatic heterocycles. The number of fused-ring (bicyclic) bond motifs is 1. The van der Waals surface area contributed by atoms with Gasteiger partial charge in [-0.1, -0.05) is 29.5 Å². The molecule has 0 saturated heterocycles. The second kappa shape index (κ2) is 7.43. The van der Waals surface area contributed by atoms with Gasteiger partial charge in [-0.15, -0.1) is 0 Å². The molecule has 1 aromatic carbocycles. The second-order valence-electron chi connectivity index (χ2n) is 5.68. The number of amides is 3. The Morgan fingerprint density at radius 1 is 1.24 bits per heavy atom. The van der Waals surface area contributed by atoms with E-state index in [1.807, 2.05) is 6.07 Å². The Hall–Kier alpha value is -2.74. The summed E-state index contributed by atoms with van der Waals surface area (Å²) >= 11 is 1.38. The molecule has 0 radical (unpaired) electrons. The number of aromatic nitrogens is 1. The number of anilines is 1. The molecule has 2 N–H and O–H groups in total. The van der Waals surface area contributed by atoms with E-state index in [9.17, 15) is 14.4 Å². The molecule has 130 valence electrons. The Morgan fingerprint density at radius 2 is 2.00 bits per heavy atom. The highest BCUT2D eigenvalue weighted by Crippen LogP contribution is 2.28. The summed E-state index contributed by atoms with van der Waals surface area (Å²) in [7, 11) is 0. The first kappa shape index (κ1) is 17.1. The Bertz CT molecular complexity index is 803. The molecular formula is C17H18N4O3S. The van der Waals surface area contributed by atoms with Crippen molar-refractivity contribution in [3.8, 4) is 0 Å². The summed E-state index contributed by atoms with van der Waals surface area (Å²) in [6.07, 6.45) is 0.643. The van der Waals surface area contributed by atoms with Crippen LogP contribution >= 0.6 is 11.3 Å². The van der Waals surface area contributed by atoms with Gasteiger partial charge in [-0.25, -0.2) is 4.98 Å². The number of rotatable bonds is 4. The van der Waals surface area contributed by atoms with Crippen molar-refractivity contribution in [3.05, 3.63) is 46.5 Å². The monoisotopic (exact) mass is 358 g/mol. The van der Waals surface area contributed by atoms with Gasteiger partial charge in [0, 0.05) is 30.3 Å². The predicted octanol–water partition coefficient (Wildman–Crippen LogP) is 1.42. The van der Waals surface area contributed by atoms with Gasteiger partial charge in [-0.3, -0.25) is 14.4 Å². The summed E-state index contributed by atoms with van der Waals surface area (Å²) in [6, 6.07) is 8.79. The van der Waals surface area contributed by atoms with E-state index in [1.165, 1.54) is 18.3 Å². The van der Waals surface area contributed by atoms with Crippen molar-refractivity contribution in [1.82, 2.24) is 15.2 Å². The van der Waals surface area contributed by atoms with Crippen molar-refractivity contribution in [1.29, 1.82) is 0 Å². The molecular weight excluding hydrogens is 340 g/mol. The summed E-state index contributed by atoms with van der Waals surface area (Å²) < 4.78 is 0. The normalized spacial score (nSPS) is 13.1. The minimum Gasteiger partial charge on any atom is -0.343 e. The average molecular weight is 358 g/mol. The Labute approximate surface area is 149 Å². The summed E-state index contributed by atoms with van der Waals surface area (Å²) in [6.45, 7) is 2.40. The molecule has 1 aliphatic rings. The fourth-order valence-electron chi connectivity index (χ4n) is 2.57. The van der Waals surface area contributed by atoms with Gasteiger partial charge < -0.3 is 15.5 Å². The molecule has 2 aromatic rings. The molecule has 0 fully saturated rings. The fraction of sp³-hybridized carbons (Fsp3) is 0.294. The van der Waals surface area contributed by atoms with E-state index in [1.54, 1.807) is 29.2 Å². The molecule has 0 spiro atoms. The maximum absolute atomic E-state index is 12.4. The first-order valence-electron chi connectivity index (χ1n) is 7.90. The van der Waals surface area contributed by atoms with Crippen LogP contribution in [0.5, 0.6) is 0 Å². The summed E-state index contributed by atoms with van der Waals surface area (Å²) in [4.78, 5) is 42.5. The van der Waals surface area contributed by atoms with Gasteiger partial charge in [0.1, 0.15) is 0 Å². The third-order valence-electron chi connectivity index (χ3n) is 3.80. The highest BCUT2D eigenvalue weighted by atomic mass is 32.1. The molecule has 0 atom stereocenters. The highest BCUT2D eigenvalue weighted by molar-refractivity contribution is 7.15. The van der Waals surface area contributed by atoms with Crippen LogP contribution in [0.25, 0.3) is 0 Å². The molecule has 0 saturated carbocycles. The zero-order valence-corrected chi connectivity index (χ0v) is 14.6. The van der Waals surface area contributed by atoms with Crippen molar-refractivity contribution in [2.75, 3.05) is 18.4 Å². The first-order valence-corrected chi connectivity index (χ1v) is 8.72.